The lowest BCUT2D eigenvalue weighted by Gasteiger charge is -2.11. The predicted octanol–water partition coefficient (Wildman–Crippen LogP) is 3.88. The van der Waals surface area contributed by atoms with Crippen LogP contribution in [0.25, 0.3) is 0 Å². The lowest BCUT2D eigenvalue weighted by molar-refractivity contribution is -0.141. The van der Waals surface area contributed by atoms with E-state index in [2.05, 4.69) is 4.98 Å². The van der Waals surface area contributed by atoms with Crippen LogP contribution in [-0.4, -0.2) is 4.98 Å². The summed E-state index contributed by atoms with van der Waals surface area (Å²) in [6.07, 6.45) is -4.48. The van der Waals surface area contributed by atoms with Crippen LogP contribution < -0.4 is 0 Å². The van der Waals surface area contributed by atoms with Crippen LogP contribution in [0.1, 0.15) is 31.2 Å². The molecule has 0 fully saturated rings. The van der Waals surface area contributed by atoms with Crippen LogP contribution in [0.5, 0.6) is 0 Å². The molecule has 1 rings (SSSR count). The Labute approximate surface area is 84.9 Å². The molecule has 1 aromatic rings. The molecule has 0 radical (unpaired) electrons. The molecule has 0 spiro atoms. The molecule has 0 aromatic carbocycles. The zero-order valence-electron chi connectivity index (χ0n) is 7.69. The Morgan fingerprint density at radius 2 is 1.86 bits per heavy atom. The maximum atomic E-state index is 12.3. The lowest BCUT2D eigenvalue weighted by Crippen LogP contribution is -2.10. The summed E-state index contributed by atoms with van der Waals surface area (Å²) in [6.45, 7) is 3.55. The minimum atomic E-state index is -4.48. The summed E-state index contributed by atoms with van der Waals surface area (Å²) in [6, 6.07) is 2.73. The van der Waals surface area contributed by atoms with Crippen molar-refractivity contribution in [2.45, 2.75) is 25.9 Å². The van der Waals surface area contributed by atoms with Crippen molar-refractivity contribution in [3.63, 3.8) is 0 Å². The molecule has 78 valence electrons. The summed E-state index contributed by atoms with van der Waals surface area (Å²) in [7, 11) is 0. The quantitative estimate of drug-likeness (QED) is 0.704. The second-order valence-electron chi connectivity index (χ2n) is 3.22. The second kappa shape index (κ2) is 3.77. The van der Waals surface area contributed by atoms with Gasteiger partial charge in [-0.2, -0.15) is 13.2 Å². The molecule has 0 bridgehead atoms. The Balaban J connectivity index is 3.22. The van der Waals surface area contributed by atoms with Crippen LogP contribution in [0.3, 0.4) is 0 Å². The molecule has 0 N–H and O–H groups in total. The maximum absolute atomic E-state index is 12.3. The summed E-state index contributed by atoms with van der Waals surface area (Å²) in [5.74, 6) is -0.0478. The first kappa shape index (κ1) is 11.3. The van der Waals surface area contributed by atoms with E-state index in [-0.39, 0.29) is 10.9 Å². The van der Waals surface area contributed by atoms with Crippen molar-refractivity contribution in [1.82, 2.24) is 4.98 Å². The van der Waals surface area contributed by atoms with Crippen LogP contribution in [0.4, 0.5) is 13.2 Å². The van der Waals surface area contributed by atoms with Crippen LogP contribution >= 0.6 is 11.6 Å². The van der Waals surface area contributed by atoms with E-state index in [4.69, 9.17) is 11.6 Å². The van der Waals surface area contributed by atoms with Crippen LogP contribution in [0, 0.1) is 0 Å². The summed E-state index contributed by atoms with van der Waals surface area (Å²) in [5.41, 5.74) is -0.618. The first-order valence-electron chi connectivity index (χ1n) is 4.06. The van der Waals surface area contributed by atoms with E-state index in [9.17, 15) is 13.2 Å². The molecule has 0 amide bonds. The fraction of sp³-hybridized carbons (Fsp3) is 0.444. The molecule has 0 atom stereocenters. The van der Waals surface area contributed by atoms with Gasteiger partial charge >= 0.3 is 6.18 Å². The highest BCUT2D eigenvalue weighted by molar-refractivity contribution is 6.31. The third-order valence-corrected chi connectivity index (χ3v) is 2.03. The van der Waals surface area contributed by atoms with Gasteiger partial charge in [0, 0.05) is 5.69 Å². The van der Waals surface area contributed by atoms with Gasteiger partial charge in [-0.3, -0.25) is 0 Å². The average Bonchev–Trinajstić information content (AvgIpc) is 2.02. The summed E-state index contributed by atoms with van der Waals surface area (Å²) < 4.78 is 37.0. The summed E-state index contributed by atoms with van der Waals surface area (Å²) in [4.78, 5) is 3.49. The van der Waals surface area contributed by atoms with Gasteiger partial charge in [-0.15, -0.1) is 0 Å². The van der Waals surface area contributed by atoms with Gasteiger partial charge in [0.25, 0.3) is 0 Å². The number of halogens is 4. The Hall–Kier alpha value is -0.770. The molecule has 1 heterocycles. The van der Waals surface area contributed by atoms with Crippen LogP contribution in [0.15, 0.2) is 12.1 Å². The molecule has 0 saturated heterocycles. The number of nitrogens with zero attached hydrogens (tertiary/aromatic N) is 1. The van der Waals surface area contributed by atoms with E-state index in [0.717, 1.165) is 0 Å². The van der Waals surface area contributed by atoms with Gasteiger partial charge in [0.05, 0.1) is 5.02 Å². The third-order valence-electron chi connectivity index (χ3n) is 1.73. The van der Waals surface area contributed by atoms with E-state index < -0.39 is 11.9 Å². The number of alkyl halides is 3. The number of rotatable bonds is 1. The minimum Gasteiger partial charge on any atom is -0.247 e. The van der Waals surface area contributed by atoms with Crippen molar-refractivity contribution in [2.24, 2.45) is 0 Å². The SMILES string of the molecule is CC(C)c1ccc(Cl)c(C(F)(F)F)n1. The first-order valence-corrected chi connectivity index (χ1v) is 4.44. The highest BCUT2D eigenvalue weighted by Gasteiger charge is 2.35. The van der Waals surface area contributed by atoms with Gasteiger partial charge < -0.3 is 0 Å². The van der Waals surface area contributed by atoms with Gasteiger partial charge in [0.2, 0.25) is 0 Å². The average molecular weight is 224 g/mol. The van der Waals surface area contributed by atoms with E-state index in [1.807, 2.05) is 0 Å². The summed E-state index contributed by atoms with van der Waals surface area (Å²) >= 11 is 5.40. The molecule has 5 heteroatoms. The molecular weight excluding hydrogens is 215 g/mol. The van der Waals surface area contributed by atoms with Gasteiger partial charge in [-0.05, 0) is 18.1 Å². The smallest absolute Gasteiger partial charge is 0.247 e. The second-order valence-corrected chi connectivity index (χ2v) is 3.63. The third kappa shape index (κ3) is 2.38. The standard InChI is InChI=1S/C9H9ClF3N/c1-5(2)7-4-3-6(10)8(14-7)9(11,12)13/h3-5H,1-2H3. The Morgan fingerprint density at radius 3 is 2.29 bits per heavy atom. The van der Waals surface area contributed by atoms with Crippen molar-refractivity contribution >= 4 is 11.6 Å². The Morgan fingerprint density at radius 1 is 1.29 bits per heavy atom. The maximum Gasteiger partial charge on any atom is 0.434 e. The van der Waals surface area contributed by atoms with Crippen molar-refractivity contribution in [1.29, 1.82) is 0 Å². The van der Waals surface area contributed by atoms with E-state index in [0.29, 0.717) is 5.69 Å². The highest BCUT2D eigenvalue weighted by Crippen LogP contribution is 2.33. The molecule has 1 aromatic heterocycles. The number of hydrogen-bond donors (Lipinski definition) is 0. The molecule has 0 unspecified atom stereocenters. The Kier molecular flexibility index (Phi) is 3.04. The minimum absolute atomic E-state index is 0.0478. The number of hydrogen-bond acceptors (Lipinski definition) is 1. The van der Waals surface area contributed by atoms with E-state index in [1.165, 1.54) is 12.1 Å². The highest BCUT2D eigenvalue weighted by atomic mass is 35.5. The first-order chi connectivity index (χ1) is 6.32. The molecule has 0 aliphatic heterocycles. The van der Waals surface area contributed by atoms with Gasteiger partial charge in [-0.1, -0.05) is 25.4 Å². The number of aromatic nitrogens is 1. The normalized spacial score (nSPS) is 12.2. The summed E-state index contributed by atoms with van der Waals surface area (Å²) in [5, 5.41) is -0.359. The van der Waals surface area contributed by atoms with Crippen molar-refractivity contribution in [3.05, 3.63) is 28.5 Å². The van der Waals surface area contributed by atoms with E-state index >= 15 is 0 Å². The molecule has 14 heavy (non-hydrogen) atoms. The van der Waals surface area contributed by atoms with Crippen molar-refractivity contribution in [3.8, 4) is 0 Å². The molecular formula is C9H9ClF3N. The topological polar surface area (TPSA) is 12.9 Å². The molecule has 1 nitrogen and oxygen atoms in total. The Bertz CT molecular complexity index is 333. The zero-order chi connectivity index (χ0) is 10.9. The predicted molar refractivity (Wildman–Crippen MR) is 48.3 cm³/mol. The van der Waals surface area contributed by atoms with Crippen molar-refractivity contribution < 1.29 is 13.2 Å². The van der Waals surface area contributed by atoms with Gasteiger partial charge in [0.1, 0.15) is 0 Å². The monoisotopic (exact) mass is 223 g/mol. The van der Waals surface area contributed by atoms with Gasteiger partial charge in [0.15, 0.2) is 5.69 Å². The van der Waals surface area contributed by atoms with Crippen LogP contribution in [0.2, 0.25) is 5.02 Å². The number of pyridine rings is 1. The van der Waals surface area contributed by atoms with Gasteiger partial charge in [-0.25, -0.2) is 4.98 Å². The fourth-order valence-corrected chi connectivity index (χ4v) is 1.19. The molecule has 0 saturated carbocycles. The largest absolute Gasteiger partial charge is 0.434 e. The molecule has 0 aliphatic carbocycles. The fourth-order valence-electron chi connectivity index (χ4n) is 0.978. The molecule has 0 aliphatic rings. The van der Waals surface area contributed by atoms with Crippen LogP contribution in [-0.2, 0) is 6.18 Å². The van der Waals surface area contributed by atoms with E-state index in [1.54, 1.807) is 13.8 Å². The lowest BCUT2D eigenvalue weighted by atomic mass is 10.1. The zero-order valence-corrected chi connectivity index (χ0v) is 8.45. The van der Waals surface area contributed by atoms with Crippen molar-refractivity contribution in [2.75, 3.05) is 0 Å².